The minimum Gasteiger partial charge on any atom is -0.325 e. The third-order valence-corrected chi connectivity index (χ3v) is 2.99. The number of imidazole rings is 1. The summed E-state index contributed by atoms with van der Waals surface area (Å²) in [5.41, 5.74) is 1.18. The standard InChI is InChI=1S/C15H18N2O3/c1-19-20-12-15-16-9-10-17(15)11-14(18)8-7-13-5-3-2-4-6-13/h2-6,9-10H,7-8,11-12H2,1H3. The van der Waals surface area contributed by atoms with Crippen LogP contribution >= 0.6 is 0 Å². The van der Waals surface area contributed by atoms with E-state index >= 15 is 0 Å². The smallest absolute Gasteiger partial charge is 0.152 e. The van der Waals surface area contributed by atoms with Crippen molar-refractivity contribution in [2.24, 2.45) is 0 Å². The first kappa shape index (κ1) is 14.4. The molecule has 2 rings (SSSR count). The molecule has 106 valence electrons. The number of carbonyl (C=O) groups is 1. The lowest BCUT2D eigenvalue weighted by Crippen LogP contribution is -2.13. The van der Waals surface area contributed by atoms with Crippen LogP contribution in [-0.2, 0) is 34.1 Å². The predicted molar refractivity (Wildman–Crippen MR) is 73.8 cm³/mol. The van der Waals surface area contributed by atoms with Crippen LogP contribution in [0.2, 0.25) is 0 Å². The van der Waals surface area contributed by atoms with Crippen molar-refractivity contribution in [2.75, 3.05) is 7.11 Å². The Morgan fingerprint density at radius 1 is 1.30 bits per heavy atom. The largest absolute Gasteiger partial charge is 0.325 e. The molecule has 0 aliphatic carbocycles. The number of nitrogens with zero attached hydrogens (tertiary/aromatic N) is 2. The monoisotopic (exact) mass is 274 g/mol. The molecule has 1 heterocycles. The molecule has 0 fully saturated rings. The van der Waals surface area contributed by atoms with Gasteiger partial charge in [-0.05, 0) is 12.0 Å². The number of ketones is 1. The first-order valence-electron chi connectivity index (χ1n) is 6.51. The fourth-order valence-corrected chi connectivity index (χ4v) is 1.93. The van der Waals surface area contributed by atoms with Crippen LogP contribution in [0, 0.1) is 0 Å². The molecule has 0 saturated carbocycles. The molecule has 0 spiro atoms. The number of aromatic nitrogens is 2. The van der Waals surface area contributed by atoms with Gasteiger partial charge in [-0.15, -0.1) is 0 Å². The van der Waals surface area contributed by atoms with Crippen LogP contribution in [0.25, 0.3) is 0 Å². The summed E-state index contributed by atoms with van der Waals surface area (Å²) in [5.74, 6) is 0.852. The summed E-state index contributed by atoms with van der Waals surface area (Å²) in [7, 11) is 1.44. The van der Waals surface area contributed by atoms with Crippen LogP contribution in [0.15, 0.2) is 42.7 Å². The zero-order valence-electron chi connectivity index (χ0n) is 11.5. The van der Waals surface area contributed by atoms with Gasteiger partial charge in [0.05, 0.1) is 13.7 Å². The van der Waals surface area contributed by atoms with Crippen LogP contribution in [0.4, 0.5) is 0 Å². The second kappa shape index (κ2) is 7.57. The molecule has 0 bridgehead atoms. The van der Waals surface area contributed by atoms with E-state index in [2.05, 4.69) is 9.87 Å². The number of carbonyl (C=O) groups excluding carboxylic acids is 1. The topological polar surface area (TPSA) is 53.4 Å². The van der Waals surface area contributed by atoms with Crippen LogP contribution in [0.3, 0.4) is 0 Å². The van der Waals surface area contributed by atoms with Crippen molar-refractivity contribution in [3.8, 4) is 0 Å². The van der Waals surface area contributed by atoms with Crippen LogP contribution in [0.1, 0.15) is 17.8 Å². The van der Waals surface area contributed by atoms with Gasteiger partial charge in [0, 0.05) is 18.8 Å². The molecule has 0 unspecified atom stereocenters. The normalized spacial score (nSPS) is 10.7. The van der Waals surface area contributed by atoms with E-state index < -0.39 is 0 Å². The van der Waals surface area contributed by atoms with Gasteiger partial charge >= 0.3 is 0 Å². The highest BCUT2D eigenvalue weighted by Crippen LogP contribution is 2.05. The molecule has 1 aromatic carbocycles. The van der Waals surface area contributed by atoms with Gasteiger partial charge in [-0.2, -0.15) is 0 Å². The average molecular weight is 274 g/mol. The molecule has 5 nitrogen and oxygen atoms in total. The minimum atomic E-state index is 0.172. The van der Waals surface area contributed by atoms with Gasteiger partial charge in [0.2, 0.25) is 0 Å². The van der Waals surface area contributed by atoms with E-state index in [9.17, 15) is 4.79 Å². The van der Waals surface area contributed by atoms with Crippen molar-refractivity contribution < 1.29 is 14.6 Å². The van der Waals surface area contributed by atoms with Crippen LogP contribution in [0.5, 0.6) is 0 Å². The van der Waals surface area contributed by atoms with Crippen molar-refractivity contribution in [1.29, 1.82) is 0 Å². The van der Waals surface area contributed by atoms with Gasteiger partial charge in [-0.1, -0.05) is 30.3 Å². The van der Waals surface area contributed by atoms with Gasteiger partial charge in [0.25, 0.3) is 0 Å². The van der Waals surface area contributed by atoms with E-state index in [1.54, 1.807) is 17.0 Å². The Bertz CT molecular complexity index is 537. The molecular weight excluding hydrogens is 256 g/mol. The third-order valence-electron chi connectivity index (χ3n) is 2.99. The third kappa shape index (κ3) is 4.29. The fourth-order valence-electron chi connectivity index (χ4n) is 1.93. The van der Waals surface area contributed by atoms with Crippen LogP contribution in [-0.4, -0.2) is 22.4 Å². The predicted octanol–water partition coefficient (Wildman–Crippen LogP) is 2.16. The van der Waals surface area contributed by atoms with E-state index in [0.29, 0.717) is 18.8 Å². The van der Waals surface area contributed by atoms with E-state index in [-0.39, 0.29) is 12.4 Å². The maximum Gasteiger partial charge on any atom is 0.152 e. The molecule has 0 radical (unpaired) electrons. The van der Waals surface area contributed by atoms with Gasteiger partial charge in [-0.3, -0.25) is 4.79 Å². The van der Waals surface area contributed by atoms with E-state index in [1.807, 2.05) is 30.3 Å². The average Bonchev–Trinajstić information content (AvgIpc) is 2.91. The molecule has 0 atom stereocenters. The summed E-state index contributed by atoms with van der Waals surface area (Å²) >= 11 is 0. The Balaban J connectivity index is 1.84. The molecule has 0 aliphatic heterocycles. The number of Topliss-reactive ketones (excluding diaryl/α,β-unsaturated/α-hetero) is 1. The molecule has 0 N–H and O–H groups in total. The number of hydrogen-bond acceptors (Lipinski definition) is 4. The van der Waals surface area contributed by atoms with Crippen LogP contribution < -0.4 is 0 Å². The van der Waals surface area contributed by atoms with Crippen molar-refractivity contribution in [3.63, 3.8) is 0 Å². The van der Waals surface area contributed by atoms with Crippen molar-refractivity contribution in [1.82, 2.24) is 9.55 Å². The lowest BCUT2D eigenvalue weighted by atomic mass is 10.1. The van der Waals surface area contributed by atoms with Gasteiger partial charge in [-0.25, -0.2) is 14.8 Å². The van der Waals surface area contributed by atoms with Crippen molar-refractivity contribution in [2.45, 2.75) is 26.0 Å². The number of rotatable bonds is 8. The summed E-state index contributed by atoms with van der Waals surface area (Å²) in [5, 5.41) is 0. The molecule has 1 aromatic heterocycles. The maximum atomic E-state index is 12.0. The number of aryl methyl sites for hydroxylation is 1. The highest BCUT2D eigenvalue weighted by atomic mass is 17.2. The van der Waals surface area contributed by atoms with E-state index in [4.69, 9.17) is 4.89 Å². The zero-order valence-corrected chi connectivity index (χ0v) is 11.5. The molecular formula is C15H18N2O3. The molecule has 5 heteroatoms. The fraction of sp³-hybridized carbons (Fsp3) is 0.333. The lowest BCUT2D eigenvalue weighted by molar-refractivity contribution is -0.283. The molecule has 2 aromatic rings. The Labute approximate surface area is 118 Å². The first-order chi connectivity index (χ1) is 9.79. The van der Waals surface area contributed by atoms with E-state index in [1.165, 1.54) is 12.7 Å². The summed E-state index contributed by atoms with van der Waals surface area (Å²) in [6.45, 7) is 0.546. The molecule has 0 saturated heterocycles. The SMILES string of the molecule is COOCc1nccn1CC(=O)CCc1ccccc1. The van der Waals surface area contributed by atoms with Gasteiger partial charge in [0.1, 0.15) is 12.4 Å². The maximum absolute atomic E-state index is 12.0. The summed E-state index contributed by atoms with van der Waals surface area (Å²) < 4.78 is 1.78. The van der Waals surface area contributed by atoms with Crippen molar-refractivity contribution >= 4 is 5.78 Å². The summed E-state index contributed by atoms with van der Waals surface area (Å²) in [4.78, 5) is 25.5. The highest BCUT2D eigenvalue weighted by Gasteiger charge is 2.08. The Morgan fingerprint density at radius 2 is 2.10 bits per heavy atom. The van der Waals surface area contributed by atoms with Gasteiger partial charge in [0.15, 0.2) is 5.78 Å². The zero-order chi connectivity index (χ0) is 14.2. The Kier molecular flexibility index (Phi) is 5.46. The molecule has 0 amide bonds. The molecule has 0 aliphatic rings. The van der Waals surface area contributed by atoms with E-state index in [0.717, 1.165) is 6.42 Å². The number of benzene rings is 1. The number of hydrogen-bond donors (Lipinski definition) is 0. The second-order valence-corrected chi connectivity index (χ2v) is 4.42. The van der Waals surface area contributed by atoms with Gasteiger partial charge < -0.3 is 4.57 Å². The first-order valence-corrected chi connectivity index (χ1v) is 6.51. The molecule has 20 heavy (non-hydrogen) atoms. The Hall–Kier alpha value is -1.98. The minimum absolute atomic E-state index is 0.172. The second-order valence-electron chi connectivity index (χ2n) is 4.42. The quantitative estimate of drug-likeness (QED) is 0.547. The summed E-state index contributed by atoms with van der Waals surface area (Å²) in [6, 6.07) is 10.00. The highest BCUT2D eigenvalue weighted by molar-refractivity contribution is 5.78. The lowest BCUT2D eigenvalue weighted by Gasteiger charge is -2.07. The van der Waals surface area contributed by atoms with Crippen molar-refractivity contribution in [3.05, 3.63) is 54.1 Å². The summed E-state index contributed by atoms with van der Waals surface area (Å²) in [6.07, 6.45) is 4.71. The Morgan fingerprint density at radius 3 is 2.85 bits per heavy atom.